The molecule has 0 heterocycles. The first-order valence-corrected chi connectivity index (χ1v) is 5.85. The number of carbonyl (C=O) groups is 1. The zero-order chi connectivity index (χ0) is 13.7. The summed E-state index contributed by atoms with van der Waals surface area (Å²) in [5, 5.41) is 13.6. The molecule has 2 rings (SSSR count). The molecule has 96 valence electrons. The number of aryl methyl sites for hydroxylation is 1. The quantitative estimate of drug-likeness (QED) is 0.653. The molecule has 4 heteroatoms. The maximum atomic E-state index is 11.7. The molecule has 1 amide bonds. The van der Waals surface area contributed by atoms with Crippen molar-refractivity contribution in [2.45, 2.75) is 6.92 Å². The fraction of sp³-hybridized carbons (Fsp3) is 0.0667. The molecule has 0 aliphatic rings. The summed E-state index contributed by atoms with van der Waals surface area (Å²) in [5.74, 6) is -0.121. The molecule has 0 unspecified atom stereocenters. The maximum Gasteiger partial charge on any atom is 0.271 e. The lowest BCUT2D eigenvalue weighted by Gasteiger charge is -2.02. The van der Waals surface area contributed by atoms with Gasteiger partial charge >= 0.3 is 0 Å². The van der Waals surface area contributed by atoms with E-state index >= 15 is 0 Å². The number of hydrogen-bond donors (Lipinski definition) is 2. The highest BCUT2D eigenvalue weighted by molar-refractivity contribution is 5.95. The minimum atomic E-state index is -0.288. The van der Waals surface area contributed by atoms with Crippen molar-refractivity contribution in [2.75, 3.05) is 0 Å². The van der Waals surface area contributed by atoms with Gasteiger partial charge < -0.3 is 5.11 Å². The molecule has 0 spiro atoms. The van der Waals surface area contributed by atoms with Crippen LogP contribution in [0.1, 0.15) is 21.5 Å². The monoisotopic (exact) mass is 254 g/mol. The minimum Gasteiger partial charge on any atom is -0.507 e. The average molecular weight is 254 g/mol. The number of phenols is 1. The lowest BCUT2D eigenvalue weighted by Crippen LogP contribution is -2.17. The van der Waals surface area contributed by atoms with Gasteiger partial charge in [-0.25, -0.2) is 5.43 Å². The highest BCUT2D eigenvalue weighted by Crippen LogP contribution is 2.19. The number of hydrogen-bond acceptors (Lipinski definition) is 3. The third-order valence-electron chi connectivity index (χ3n) is 2.67. The van der Waals surface area contributed by atoms with Crippen LogP contribution in [0.25, 0.3) is 0 Å². The highest BCUT2D eigenvalue weighted by Gasteiger charge is 2.03. The second-order valence-corrected chi connectivity index (χ2v) is 4.08. The topological polar surface area (TPSA) is 61.7 Å². The van der Waals surface area contributed by atoms with E-state index in [1.165, 1.54) is 6.21 Å². The van der Waals surface area contributed by atoms with Gasteiger partial charge in [-0.2, -0.15) is 5.10 Å². The predicted molar refractivity (Wildman–Crippen MR) is 74.3 cm³/mol. The van der Waals surface area contributed by atoms with Crippen molar-refractivity contribution in [1.82, 2.24) is 5.43 Å². The summed E-state index contributed by atoms with van der Waals surface area (Å²) in [4.78, 5) is 11.7. The number of amides is 1. The standard InChI is InChI=1S/C15H14N2O2/c1-11-6-5-9-13(14(11)18)10-16-17-15(19)12-7-3-2-4-8-12/h2-10,18H,1H3,(H,17,19)/b16-10+. The van der Waals surface area contributed by atoms with Gasteiger partial charge in [-0.3, -0.25) is 4.79 Å². The number of para-hydroxylation sites is 1. The minimum absolute atomic E-state index is 0.167. The normalized spacial score (nSPS) is 10.6. The molecule has 0 aromatic heterocycles. The first-order chi connectivity index (χ1) is 9.18. The van der Waals surface area contributed by atoms with Crippen LogP contribution in [-0.2, 0) is 0 Å². The first kappa shape index (κ1) is 12.8. The van der Waals surface area contributed by atoms with Crippen LogP contribution in [0.15, 0.2) is 53.6 Å². The van der Waals surface area contributed by atoms with E-state index in [1.807, 2.05) is 12.1 Å². The lowest BCUT2D eigenvalue weighted by atomic mass is 10.1. The Kier molecular flexibility index (Phi) is 3.93. The lowest BCUT2D eigenvalue weighted by molar-refractivity contribution is 0.0955. The highest BCUT2D eigenvalue weighted by atomic mass is 16.3. The molecule has 4 nitrogen and oxygen atoms in total. The molecule has 0 atom stereocenters. The largest absolute Gasteiger partial charge is 0.507 e. The Labute approximate surface area is 111 Å². The number of phenolic OH excluding ortho intramolecular Hbond substituents is 1. The van der Waals surface area contributed by atoms with E-state index < -0.39 is 0 Å². The van der Waals surface area contributed by atoms with Gasteiger partial charge in [0.05, 0.1) is 6.21 Å². The summed E-state index contributed by atoms with van der Waals surface area (Å²) in [6.07, 6.45) is 1.42. The first-order valence-electron chi connectivity index (χ1n) is 5.85. The van der Waals surface area contributed by atoms with Crippen LogP contribution >= 0.6 is 0 Å². The van der Waals surface area contributed by atoms with Crippen LogP contribution in [0.3, 0.4) is 0 Å². The second-order valence-electron chi connectivity index (χ2n) is 4.08. The number of rotatable bonds is 3. The van der Waals surface area contributed by atoms with Crippen LogP contribution in [0.5, 0.6) is 5.75 Å². The summed E-state index contributed by atoms with van der Waals surface area (Å²) in [6, 6.07) is 14.1. The van der Waals surface area contributed by atoms with Crippen molar-refractivity contribution >= 4 is 12.1 Å². The number of nitrogens with one attached hydrogen (secondary N) is 1. The summed E-state index contributed by atoms with van der Waals surface area (Å²) < 4.78 is 0. The molecule has 0 fully saturated rings. The third kappa shape index (κ3) is 3.19. The smallest absolute Gasteiger partial charge is 0.271 e. The molecule has 0 radical (unpaired) electrons. The van der Waals surface area contributed by atoms with E-state index in [0.717, 1.165) is 5.56 Å². The second kappa shape index (κ2) is 5.82. The molecular weight excluding hydrogens is 240 g/mol. The molecule has 0 aliphatic carbocycles. The summed E-state index contributed by atoms with van der Waals surface area (Å²) in [7, 11) is 0. The van der Waals surface area contributed by atoms with E-state index in [-0.39, 0.29) is 11.7 Å². The van der Waals surface area contributed by atoms with Crippen molar-refractivity contribution in [3.05, 3.63) is 65.2 Å². The summed E-state index contributed by atoms with van der Waals surface area (Å²) in [5.41, 5.74) is 4.27. The van der Waals surface area contributed by atoms with Crippen LogP contribution in [0, 0.1) is 6.92 Å². The molecule has 19 heavy (non-hydrogen) atoms. The van der Waals surface area contributed by atoms with Crippen LogP contribution < -0.4 is 5.43 Å². The number of benzene rings is 2. The zero-order valence-corrected chi connectivity index (χ0v) is 10.5. The van der Waals surface area contributed by atoms with Crippen molar-refractivity contribution < 1.29 is 9.90 Å². The number of carbonyl (C=O) groups excluding carboxylic acids is 1. The van der Waals surface area contributed by atoms with Gasteiger partial charge in [0.1, 0.15) is 5.75 Å². The summed E-state index contributed by atoms with van der Waals surface area (Å²) >= 11 is 0. The Morgan fingerprint density at radius 2 is 1.89 bits per heavy atom. The van der Waals surface area contributed by atoms with Crippen LogP contribution in [0.4, 0.5) is 0 Å². The van der Waals surface area contributed by atoms with Crippen molar-refractivity contribution in [2.24, 2.45) is 5.10 Å². The van der Waals surface area contributed by atoms with E-state index in [2.05, 4.69) is 10.5 Å². The molecule has 2 N–H and O–H groups in total. The van der Waals surface area contributed by atoms with E-state index in [9.17, 15) is 9.90 Å². The molecule has 0 saturated heterocycles. The molecule has 0 aliphatic heterocycles. The van der Waals surface area contributed by atoms with E-state index in [1.54, 1.807) is 43.3 Å². The van der Waals surface area contributed by atoms with Crippen LogP contribution in [0.2, 0.25) is 0 Å². The average Bonchev–Trinajstić information content (AvgIpc) is 2.44. The van der Waals surface area contributed by atoms with Crippen LogP contribution in [-0.4, -0.2) is 17.2 Å². The number of aromatic hydroxyl groups is 1. The number of hydrazone groups is 1. The number of nitrogens with zero attached hydrogens (tertiary/aromatic N) is 1. The Balaban J connectivity index is 2.05. The Hall–Kier alpha value is -2.62. The Morgan fingerprint density at radius 1 is 1.16 bits per heavy atom. The maximum absolute atomic E-state index is 11.7. The molecule has 0 saturated carbocycles. The van der Waals surface area contributed by atoms with Gasteiger partial charge in [0.2, 0.25) is 0 Å². The van der Waals surface area contributed by atoms with Gasteiger partial charge in [0, 0.05) is 11.1 Å². The van der Waals surface area contributed by atoms with Crippen molar-refractivity contribution in [3.63, 3.8) is 0 Å². The van der Waals surface area contributed by atoms with Gasteiger partial charge in [-0.15, -0.1) is 0 Å². The third-order valence-corrected chi connectivity index (χ3v) is 2.67. The van der Waals surface area contributed by atoms with E-state index in [4.69, 9.17) is 0 Å². The SMILES string of the molecule is Cc1cccc(/C=N/NC(=O)c2ccccc2)c1O. The van der Waals surface area contributed by atoms with Crippen molar-refractivity contribution in [1.29, 1.82) is 0 Å². The van der Waals surface area contributed by atoms with Crippen molar-refractivity contribution in [3.8, 4) is 5.75 Å². The Bertz CT molecular complexity index is 607. The predicted octanol–water partition coefficient (Wildman–Crippen LogP) is 2.46. The van der Waals surface area contributed by atoms with Gasteiger partial charge in [-0.1, -0.05) is 30.3 Å². The van der Waals surface area contributed by atoms with E-state index in [0.29, 0.717) is 11.1 Å². The zero-order valence-electron chi connectivity index (χ0n) is 10.5. The van der Waals surface area contributed by atoms with Gasteiger partial charge in [0.15, 0.2) is 0 Å². The van der Waals surface area contributed by atoms with Gasteiger partial charge in [0.25, 0.3) is 5.91 Å². The molecular formula is C15H14N2O2. The fourth-order valence-electron chi connectivity index (χ4n) is 1.60. The molecule has 0 bridgehead atoms. The summed E-state index contributed by atoms with van der Waals surface area (Å²) in [6.45, 7) is 1.80. The fourth-order valence-corrected chi connectivity index (χ4v) is 1.60. The molecule has 2 aromatic rings. The Morgan fingerprint density at radius 3 is 2.63 bits per heavy atom. The van der Waals surface area contributed by atoms with Gasteiger partial charge in [-0.05, 0) is 30.7 Å². The molecule has 2 aromatic carbocycles.